The summed E-state index contributed by atoms with van der Waals surface area (Å²) in [5, 5.41) is 7.31. The standard InChI is InChI=1S/C22H21N3OS2/c26-20(13-18-14-25-9-11-28-22(25)23-18)24-21(19-6-3-10-27-19)17-8-7-15-4-1-2-5-16(15)12-17/h3,6-12,14,21H,1-2,4-5,13H2,(H,24,26)/t21-/m1/s1. The quantitative estimate of drug-likeness (QED) is 0.517. The Kier molecular flexibility index (Phi) is 4.74. The lowest BCUT2D eigenvalue weighted by Gasteiger charge is -2.22. The van der Waals surface area contributed by atoms with E-state index in [-0.39, 0.29) is 11.9 Å². The molecular formula is C22H21N3OS2. The topological polar surface area (TPSA) is 46.4 Å². The summed E-state index contributed by atoms with van der Waals surface area (Å²) in [6.07, 6.45) is 9.04. The number of thiazole rings is 1. The molecule has 1 aromatic carbocycles. The number of imidazole rings is 1. The van der Waals surface area contributed by atoms with Gasteiger partial charge in [-0.15, -0.1) is 22.7 Å². The van der Waals surface area contributed by atoms with Crippen LogP contribution < -0.4 is 5.32 Å². The predicted molar refractivity (Wildman–Crippen MR) is 114 cm³/mol. The first-order valence-electron chi connectivity index (χ1n) is 9.62. The number of carbonyl (C=O) groups is 1. The first kappa shape index (κ1) is 17.6. The summed E-state index contributed by atoms with van der Waals surface area (Å²) >= 11 is 3.26. The van der Waals surface area contributed by atoms with Crippen molar-refractivity contribution in [2.45, 2.75) is 38.1 Å². The van der Waals surface area contributed by atoms with Crippen LogP contribution in [0.2, 0.25) is 0 Å². The van der Waals surface area contributed by atoms with Gasteiger partial charge in [0.2, 0.25) is 5.91 Å². The second kappa shape index (κ2) is 7.53. The van der Waals surface area contributed by atoms with Crippen molar-refractivity contribution >= 4 is 33.5 Å². The number of thiophene rings is 1. The van der Waals surface area contributed by atoms with E-state index in [2.05, 4.69) is 39.9 Å². The van der Waals surface area contributed by atoms with Crippen molar-refractivity contribution in [3.05, 3.63) is 80.7 Å². The lowest BCUT2D eigenvalue weighted by molar-refractivity contribution is -0.121. The van der Waals surface area contributed by atoms with Gasteiger partial charge in [0.25, 0.3) is 0 Å². The van der Waals surface area contributed by atoms with Gasteiger partial charge in [-0.2, -0.15) is 0 Å². The summed E-state index contributed by atoms with van der Waals surface area (Å²) in [6.45, 7) is 0. The number of nitrogens with zero attached hydrogens (tertiary/aromatic N) is 2. The fourth-order valence-corrected chi connectivity index (χ4v) is 5.47. The van der Waals surface area contributed by atoms with Gasteiger partial charge < -0.3 is 5.32 Å². The molecule has 0 spiro atoms. The molecule has 6 heteroatoms. The minimum absolute atomic E-state index is 0.00173. The number of nitrogens with one attached hydrogen (secondary N) is 1. The minimum atomic E-state index is -0.108. The summed E-state index contributed by atoms with van der Waals surface area (Å²) in [6, 6.07) is 10.8. The third kappa shape index (κ3) is 3.50. The van der Waals surface area contributed by atoms with Crippen LogP contribution >= 0.6 is 22.7 Å². The molecule has 0 fully saturated rings. The fourth-order valence-electron chi connectivity index (χ4n) is 3.94. The Labute approximate surface area is 171 Å². The van der Waals surface area contributed by atoms with Crippen molar-refractivity contribution in [2.24, 2.45) is 0 Å². The second-order valence-corrected chi connectivity index (χ2v) is 9.11. The molecule has 0 saturated carbocycles. The third-order valence-corrected chi connectivity index (χ3v) is 7.03. The number of benzene rings is 1. The molecule has 0 radical (unpaired) electrons. The third-order valence-electron chi connectivity index (χ3n) is 5.32. The Morgan fingerprint density at radius 3 is 2.86 bits per heavy atom. The first-order valence-corrected chi connectivity index (χ1v) is 11.4. The van der Waals surface area contributed by atoms with E-state index in [0.717, 1.165) is 22.0 Å². The maximum Gasteiger partial charge on any atom is 0.226 e. The van der Waals surface area contributed by atoms with Gasteiger partial charge in [-0.25, -0.2) is 4.98 Å². The Morgan fingerprint density at radius 2 is 2.04 bits per heavy atom. The molecule has 0 bridgehead atoms. The lowest BCUT2D eigenvalue weighted by atomic mass is 9.89. The van der Waals surface area contributed by atoms with Gasteiger partial charge in [0.1, 0.15) is 0 Å². The molecule has 5 rings (SSSR count). The van der Waals surface area contributed by atoms with Crippen LogP contribution in [-0.4, -0.2) is 15.3 Å². The highest BCUT2D eigenvalue weighted by Crippen LogP contribution is 2.30. The molecule has 0 unspecified atom stereocenters. The summed E-state index contributed by atoms with van der Waals surface area (Å²) in [5.74, 6) is 0.00173. The van der Waals surface area contributed by atoms with Crippen molar-refractivity contribution in [3.8, 4) is 0 Å². The highest BCUT2D eigenvalue weighted by atomic mass is 32.1. The van der Waals surface area contributed by atoms with Crippen LogP contribution in [-0.2, 0) is 24.1 Å². The smallest absolute Gasteiger partial charge is 0.226 e. The number of rotatable bonds is 5. The molecule has 0 aliphatic heterocycles. The summed E-state index contributed by atoms with van der Waals surface area (Å²) in [5.41, 5.74) is 4.88. The van der Waals surface area contributed by atoms with Crippen LogP contribution in [0.1, 0.15) is 46.1 Å². The van der Waals surface area contributed by atoms with Crippen molar-refractivity contribution in [2.75, 3.05) is 0 Å². The maximum atomic E-state index is 12.8. The lowest BCUT2D eigenvalue weighted by Crippen LogP contribution is -2.30. The highest BCUT2D eigenvalue weighted by molar-refractivity contribution is 7.15. The predicted octanol–water partition coefficient (Wildman–Crippen LogP) is 4.78. The molecule has 1 aliphatic carbocycles. The maximum absolute atomic E-state index is 12.8. The van der Waals surface area contributed by atoms with Crippen molar-refractivity contribution in [1.29, 1.82) is 0 Å². The van der Waals surface area contributed by atoms with Crippen LogP contribution in [0.15, 0.2) is 53.5 Å². The zero-order valence-corrected chi connectivity index (χ0v) is 17.1. The average Bonchev–Trinajstić information content (AvgIpc) is 3.43. The summed E-state index contributed by atoms with van der Waals surface area (Å²) in [4.78, 5) is 19.4. The van der Waals surface area contributed by atoms with Crippen LogP contribution in [0.4, 0.5) is 0 Å². The highest BCUT2D eigenvalue weighted by Gasteiger charge is 2.21. The fraction of sp³-hybridized carbons (Fsp3) is 0.273. The van der Waals surface area contributed by atoms with Crippen LogP contribution in [0.25, 0.3) is 4.96 Å². The van der Waals surface area contributed by atoms with E-state index in [1.54, 1.807) is 22.7 Å². The first-order chi connectivity index (χ1) is 13.8. The molecule has 142 valence electrons. The number of aromatic nitrogens is 2. The van der Waals surface area contributed by atoms with E-state index in [1.807, 2.05) is 28.2 Å². The minimum Gasteiger partial charge on any atom is -0.344 e. The SMILES string of the molecule is O=C(Cc1cn2ccsc2n1)N[C@H](c1ccc2c(c1)CCCC2)c1cccs1. The molecule has 4 aromatic rings. The number of fused-ring (bicyclic) bond motifs is 2. The largest absolute Gasteiger partial charge is 0.344 e. The van der Waals surface area contributed by atoms with Gasteiger partial charge in [0, 0.05) is 22.7 Å². The molecule has 1 aliphatic rings. The molecular weight excluding hydrogens is 386 g/mol. The number of hydrogen-bond donors (Lipinski definition) is 1. The molecule has 4 nitrogen and oxygen atoms in total. The van der Waals surface area contributed by atoms with Crippen molar-refractivity contribution in [3.63, 3.8) is 0 Å². The normalized spacial score (nSPS) is 14.7. The van der Waals surface area contributed by atoms with E-state index < -0.39 is 0 Å². The molecule has 28 heavy (non-hydrogen) atoms. The Morgan fingerprint density at radius 1 is 1.14 bits per heavy atom. The Balaban J connectivity index is 1.39. The zero-order valence-electron chi connectivity index (χ0n) is 15.4. The molecule has 3 aromatic heterocycles. The van der Waals surface area contributed by atoms with Gasteiger partial charge in [-0.1, -0.05) is 24.3 Å². The zero-order chi connectivity index (χ0) is 18.9. The second-order valence-electron chi connectivity index (χ2n) is 7.25. The molecule has 1 amide bonds. The van der Waals surface area contributed by atoms with Gasteiger partial charge in [-0.05, 0) is 53.8 Å². The van der Waals surface area contributed by atoms with E-state index in [9.17, 15) is 4.79 Å². The molecule has 1 N–H and O–H groups in total. The number of carbonyl (C=O) groups excluding carboxylic acids is 1. The summed E-state index contributed by atoms with van der Waals surface area (Å²) in [7, 11) is 0. The van der Waals surface area contributed by atoms with E-state index >= 15 is 0 Å². The van der Waals surface area contributed by atoms with E-state index in [4.69, 9.17) is 0 Å². The van der Waals surface area contributed by atoms with Crippen molar-refractivity contribution < 1.29 is 4.79 Å². The summed E-state index contributed by atoms with van der Waals surface area (Å²) < 4.78 is 1.97. The van der Waals surface area contributed by atoms with Gasteiger partial charge in [0.15, 0.2) is 4.96 Å². The number of amides is 1. The Bertz CT molecular complexity index is 1080. The van der Waals surface area contributed by atoms with E-state index in [1.165, 1.54) is 36.0 Å². The van der Waals surface area contributed by atoms with E-state index in [0.29, 0.717) is 6.42 Å². The number of aryl methyl sites for hydroxylation is 2. The van der Waals surface area contributed by atoms with Gasteiger partial charge >= 0.3 is 0 Å². The van der Waals surface area contributed by atoms with Crippen LogP contribution in [0.5, 0.6) is 0 Å². The number of hydrogen-bond acceptors (Lipinski definition) is 4. The van der Waals surface area contributed by atoms with Crippen LogP contribution in [0.3, 0.4) is 0 Å². The molecule has 3 heterocycles. The Hall–Kier alpha value is -2.44. The molecule has 0 saturated heterocycles. The van der Waals surface area contributed by atoms with Gasteiger partial charge in [0.05, 0.1) is 18.2 Å². The van der Waals surface area contributed by atoms with Crippen molar-refractivity contribution in [1.82, 2.24) is 14.7 Å². The average molecular weight is 408 g/mol. The molecule has 1 atom stereocenters. The monoisotopic (exact) mass is 407 g/mol. The van der Waals surface area contributed by atoms with Crippen LogP contribution in [0, 0.1) is 0 Å². The van der Waals surface area contributed by atoms with Gasteiger partial charge in [-0.3, -0.25) is 9.20 Å².